The van der Waals surface area contributed by atoms with Crippen molar-refractivity contribution in [1.82, 2.24) is 10.3 Å². The van der Waals surface area contributed by atoms with Crippen molar-refractivity contribution < 1.29 is 9.59 Å². The number of nitrogen functional groups attached to an aromatic ring is 1. The molecule has 0 unspecified atom stereocenters. The van der Waals surface area contributed by atoms with Crippen LogP contribution in [0.15, 0.2) is 97.1 Å². The zero-order valence-electron chi connectivity index (χ0n) is 19.4. The standard InChI is InChI=1S/C30H24ClN3O2/c31-24-14-10-19(11-15-24)16-17-33-30(36)26-25(23-13-12-20-6-4-5-9-22(20)18-23)27(34-29(26)32)28(35)21-7-2-1-3-8-21/h1-15,18,34H,16-17,32H2,(H,33,36). The van der Waals surface area contributed by atoms with E-state index in [-0.39, 0.29) is 28.8 Å². The second-order valence-electron chi connectivity index (χ2n) is 8.55. The Morgan fingerprint density at radius 3 is 2.28 bits per heavy atom. The molecule has 5 rings (SSSR count). The molecule has 0 atom stereocenters. The van der Waals surface area contributed by atoms with E-state index in [9.17, 15) is 9.59 Å². The number of aromatic nitrogens is 1. The Bertz CT molecular complexity index is 1560. The molecule has 1 heterocycles. The SMILES string of the molecule is Nc1[nH]c(C(=O)c2ccccc2)c(-c2ccc3ccccc3c2)c1C(=O)NCCc1ccc(Cl)cc1. The number of H-pyrrole nitrogens is 1. The van der Waals surface area contributed by atoms with Crippen LogP contribution in [0.2, 0.25) is 5.02 Å². The first-order chi connectivity index (χ1) is 17.5. The molecule has 0 fully saturated rings. The summed E-state index contributed by atoms with van der Waals surface area (Å²) < 4.78 is 0. The number of amides is 1. The lowest BCUT2D eigenvalue weighted by Crippen LogP contribution is -2.26. The van der Waals surface area contributed by atoms with Gasteiger partial charge in [-0.05, 0) is 46.5 Å². The minimum Gasteiger partial charge on any atom is -0.385 e. The fourth-order valence-corrected chi connectivity index (χ4v) is 4.48. The van der Waals surface area contributed by atoms with Crippen LogP contribution in [0.5, 0.6) is 0 Å². The van der Waals surface area contributed by atoms with Crippen molar-refractivity contribution in [2.45, 2.75) is 6.42 Å². The van der Waals surface area contributed by atoms with Gasteiger partial charge in [0.1, 0.15) is 5.82 Å². The maximum atomic E-state index is 13.5. The van der Waals surface area contributed by atoms with Crippen molar-refractivity contribution in [1.29, 1.82) is 0 Å². The quantitative estimate of drug-likeness (QED) is 0.233. The van der Waals surface area contributed by atoms with Crippen molar-refractivity contribution in [2.75, 3.05) is 12.3 Å². The van der Waals surface area contributed by atoms with Crippen molar-refractivity contribution in [3.8, 4) is 11.1 Å². The van der Waals surface area contributed by atoms with Gasteiger partial charge in [-0.15, -0.1) is 0 Å². The summed E-state index contributed by atoms with van der Waals surface area (Å²) >= 11 is 5.96. The van der Waals surface area contributed by atoms with Crippen LogP contribution in [-0.2, 0) is 6.42 Å². The van der Waals surface area contributed by atoms with Gasteiger partial charge < -0.3 is 16.0 Å². The zero-order chi connectivity index (χ0) is 25.1. The second kappa shape index (κ2) is 10.1. The fourth-order valence-electron chi connectivity index (χ4n) is 4.35. The van der Waals surface area contributed by atoms with Crippen LogP contribution in [0, 0.1) is 0 Å². The molecule has 0 aliphatic rings. The molecular formula is C30H24ClN3O2. The van der Waals surface area contributed by atoms with Crippen LogP contribution in [0.3, 0.4) is 0 Å². The van der Waals surface area contributed by atoms with Crippen molar-refractivity contribution in [3.05, 3.63) is 124 Å². The van der Waals surface area contributed by atoms with Crippen LogP contribution in [-0.4, -0.2) is 23.2 Å². The Balaban J connectivity index is 1.53. The number of nitrogens with one attached hydrogen (secondary N) is 2. The average molecular weight is 494 g/mol. The second-order valence-corrected chi connectivity index (χ2v) is 8.99. The van der Waals surface area contributed by atoms with Crippen LogP contribution >= 0.6 is 11.6 Å². The molecule has 36 heavy (non-hydrogen) atoms. The highest BCUT2D eigenvalue weighted by atomic mass is 35.5. The van der Waals surface area contributed by atoms with E-state index in [0.717, 1.165) is 21.9 Å². The van der Waals surface area contributed by atoms with Gasteiger partial charge in [-0.1, -0.05) is 90.5 Å². The molecule has 5 nitrogen and oxygen atoms in total. The molecule has 4 aromatic carbocycles. The summed E-state index contributed by atoms with van der Waals surface area (Å²) in [6.45, 7) is 0.407. The Morgan fingerprint density at radius 2 is 1.53 bits per heavy atom. The molecule has 0 bridgehead atoms. The maximum Gasteiger partial charge on any atom is 0.255 e. The highest BCUT2D eigenvalue weighted by molar-refractivity contribution is 6.30. The predicted octanol–water partition coefficient (Wildman–Crippen LogP) is 6.27. The lowest BCUT2D eigenvalue weighted by atomic mass is 9.94. The number of fused-ring (bicyclic) bond motifs is 1. The van der Waals surface area contributed by atoms with E-state index in [1.807, 2.05) is 72.8 Å². The summed E-state index contributed by atoms with van der Waals surface area (Å²) in [6.07, 6.45) is 0.633. The fraction of sp³-hybridized carbons (Fsp3) is 0.0667. The number of ketones is 1. The summed E-state index contributed by atoms with van der Waals surface area (Å²) in [5.74, 6) is -0.417. The molecule has 178 valence electrons. The number of anilines is 1. The number of benzene rings is 4. The first kappa shape index (κ1) is 23.4. The minimum absolute atomic E-state index is 0.154. The van der Waals surface area contributed by atoms with Gasteiger partial charge in [0.2, 0.25) is 5.78 Å². The van der Waals surface area contributed by atoms with Gasteiger partial charge in [-0.25, -0.2) is 0 Å². The average Bonchev–Trinajstić information content (AvgIpc) is 3.26. The molecule has 0 spiro atoms. The first-order valence-corrected chi connectivity index (χ1v) is 12.0. The van der Waals surface area contributed by atoms with E-state index in [1.165, 1.54) is 0 Å². The molecule has 0 saturated carbocycles. The predicted molar refractivity (Wildman–Crippen MR) is 146 cm³/mol. The van der Waals surface area contributed by atoms with E-state index in [4.69, 9.17) is 17.3 Å². The third-order valence-corrected chi connectivity index (χ3v) is 6.42. The zero-order valence-corrected chi connectivity index (χ0v) is 20.2. The molecule has 0 saturated heterocycles. The lowest BCUT2D eigenvalue weighted by Gasteiger charge is -2.10. The van der Waals surface area contributed by atoms with Crippen LogP contribution < -0.4 is 11.1 Å². The Kier molecular flexibility index (Phi) is 6.56. The summed E-state index contributed by atoms with van der Waals surface area (Å²) in [7, 11) is 0. The van der Waals surface area contributed by atoms with Crippen LogP contribution in [0.25, 0.3) is 21.9 Å². The first-order valence-electron chi connectivity index (χ1n) is 11.6. The van der Waals surface area contributed by atoms with Crippen LogP contribution in [0.1, 0.15) is 32.0 Å². The Labute approximate surface area is 213 Å². The highest BCUT2D eigenvalue weighted by Crippen LogP contribution is 2.35. The number of hydrogen-bond acceptors (Lipinski definition) is 3. The van der Waals surface area contributed by atoms with E-state index >= 15 is 0 Å². The Morgan fingerprint density at radius 1 is 0.833 bits per heavy atom. The van der Waals surface area contributed by atoms with Gasteiger partial charge in [0.15, 0.2) is 0 Å². The van der Waals surface area contributed by atoms with Gasteiger partial charge in [0.25, 0.3) is 5.91 Å². The third kappa shape index (κ3) is 4.74. The molecule has 0 radical (unpaired) electrons. The minimum atomic E-state index is -0.340. The Hall–Kier alpha value is -4.35. The number of carbonyl (C=O) groups excluding carboxylic acids is 2. The monoisotopic (exact) mass is 493 g/mol. The number of carbonyl (C=O) groups is 2. The molecule has 1 amide bonds. The van der Waals surface area contributed by atoms with Gasteiger partial charge in [-0.2, -0.15) is 0 Å². The van der Waals surface area contributed by atoms with E-state index in [0.29, 0.717) is 29.1 Å². The largest absolute Gasteiger partial charge is 0.385 e. The number of nitrogens with two attached hydrogens (primary N) is 1. The summed E-state index contributed by atoms with van der Waals surface area (Å²) in [6, 6.07) is 30.3. The van der Waals surface area contributed by atoms with E-state index < -0.39 is 0 Å². The molecular weight excluding hydrogens is 470 g/mol. The van der Waals surface area contributed by atoms with E-state index in [1.54, 1.807) is 24.3 Å². The van der Waals surface area contributed by atoms with Crippen LogP contribution in [0.4, 0.5) is 5.82 Å². The summed E-state index contributed by atoms with van der Waals surface area (Å²) in [5, 5.41) is 5.69. The van der Waals surface area contributed by atoms with Gasteiger partial charge in [0, 0.05) is 22.7 Å². The third-order valence-electron chi connectivity index (χ3n) is 6.17. The van der Waals surface area contributed by atoms with Crippen molar-refractivity contribution in [2.24, 2.45) is 0 Å². The molecule has 4 N–H and O–H groups in total. The lowest BCUT2D eigenvalue weighted by molar-refractivity contribution is 0.0955. The number of rotatable bonds is 7. The van der Waals surface area contributed by atoms with Gasteiger partial charge >= 0.3 is 0 Å². The highest BCUT2D eigenvalue weighted by Gasteiger charge is 2.27. The normalized spacial score (nSPS) is 10.9. The number of hydrogen-bond donors (Lipinski definition) is 3. The maximum absolute atomic E-state index is 13.5. The topological polar surface area (TPSA) is 88.0 Å². The molecule has 5 aromatic rings. The van der Waals surface area contributed by atoms with Gasteiger partial charge in [0.05, 0.1) is 11.3 Å². The molecule has 0 aliphatic heterocycles. The summed E-state index contributed by atoms with van der Waals surface area (Å²) in [4.78, 5) is 29.9. The summed E-state index contributed by atoms with van der Waals surface area (Å²) in [5.41, 5.74) is 9.68. The van der Waals surface area contributed by atoms with Crippen molar-refractivity contribution >= 4 is 39.9 Å². The molecule has 0 aliphatic carbocycles. The van der Waals surface area contributed by atoms with E-state index in [2.05, 4.69) is 10.3 Å². The van der Waals surface area contributed by atoms with Gasteiger partial charge in [-0.3, -0.25) is 9.59 Å². The molecule has 6 heteroatoms. The van der Waals surface area contributed by atoms with Crippen molar-refractivity contribution in [3.63, 3.8) is 0 Å². The smallest absolute Gasteiger partial charge is 0.255 e. The number of halogens is 1. The molecule has 1 aromatic heterocycles. The number of aromatic amines is 1.